The van der Waals surface area contributed by atoms with Crippen LogP contribution in [0.4, 0.5) is 52.2 Å². The highest BCUT2D eigenvalue weighted by atomic mass is 79.9. The molecule has 440 valence electrons. The number of amides is 3. The molecule has 0 aliphatic carbocycles. The molecule has 0 fully saturated rings. The number of rotatable bonds is 17. The molecule has 25 heteroatoms. The van der Waals surface area contributed by atoms with E-state index in [1.807, 2.05) is 39.0 Å². The first-order chi connectivity index (χ1) is 39.0. The van der Waals surface area contributed by atoms with Crippen molar-refractivity contribution in [1.82, 2.24) is 24.4 Å². The Morgan fingerprint density at radius 3 is 1.35 bits per heavy atom. The number of nitrogens with zero attached hydrogens (tertiary/aromatic N) is 4. The summed E-state index contributed by atoms with van der Waals surface area (Å²) < 4.78 is 67.6. The molecule has 0 unspecified atom stereocenters. The van der Waals surface area contributed by atoms with Crippen LogP contribution >= 0.6 is 66.7 Å². The maximum atomic E-state index is 13.2. The van der Waals surface area contributed by atoms with Gasteiger partial charge in [-0.25, -0.2) is 27.5 Å². The number of ether oxygens (including phenoxy) is 2. The molecule has 2 aromatic heterocycles. The summed E-state index contributed by atoms with van der Waals surface area (Å²) in [6.07, 6.45) is -5.42. The molecule has 83 heavy (non-hydrogen) atoms. The van der Waals surface area contributed by atoms with Crippen molar-refractivity contribution in [3.63, 3.8) is 0 Å². The smallest absolute Gasteiger partial charge is 0.272 e. The molecule has 0 bridgehead atoms. The molecule has 6 aromatic carbocycles. The molecular formula is C58H59Br2Cl3F4N10O6. The van der Waals surface area contributed by atoms with Crippen molar-refractivity contribution in [1.29, 1.82) is 0 Å². The molecule has 8 rings (SSSR count). The van der Waals surface area contributed by atoms with Gasteiger partial charge in [-0.1, -0.05) is 109 Å². The quantitative estimate of drug-likeness (QED) is 0.0373. The molecule has 0 radical (unpaired) electrons. The van der Waals surface area contributed by atoms with Crippen LogP contribution in [0.15, 0.2) is 118 Å². The number of nitrogens with one attached hydrogen (secondary N) is 5. The van der Waals surface area contributed by atoms with Crippen molar-refractivity contribution in [3.05, 3.63) is 150 Å². The molecular weight excluding hydrogens is 1270 g/mol. The third-order valence-corrected chi connectivity index (χ3v) is 14.2. The number of halogens is 9. The van der Waals surface area contributed by atoms with Crippen molar-refractivity contribution in [2.24, 2.45) is 30.7 Å². The average molecular weight is 1330 g/mol. The fraction of sp³-hybridized carbons (Fsp3) is 0.276. The van der Waals surface area contributed by atoms with Crippen LogP contribution in [0.3, 0.4) is 0 Å². The van der Waals surface area contributed by atoms with Gasteiger partial charge in [0, 0.05) is 70.5 Å². The molecule has 0 aliphatic heterocycles. The highest BCUT2D eigenvalue weighted by Crippen LogP contribution is 2.35. The number of fused-ring (bicyclic) bond motifs is 2. The van der Waals surface area contributed by atoms with Gasteiger partial charge < -0.3 is 50.9 Å². The standard InChI is InChI=1S/C29H29BrClF2N5O3.C24H21BrClF2N5O2.C5H9ClO/c1-29(2,3)27(40)34-14-16-5-10-20(31)21(11-16)36-28-37-22-12-19(26(39)35-18-8-6-17(30)7-9-18)24(41-15-25(32)33)13-23(22)38(28)4;1-33-20-10-21(35-12-22(27)28)16(23(34)30-15-5-3-14(25)4-6-15)9-19(20)32-24(33)31-18-8-13(11-29)2-7-17(18)26;1-5(2,3)4(6)7/h5-13,25H,14-15H2,1-4H3,(H,34,40)(H,35,39)(H,36,37);2-10,22H,11-12,29H2,1H3,(H,30,34)(H,31,32);1-3H3. The van der Waals surface area contributed by atoms with Gasteiger partial charge in [0.05, 0.1) is 54.6 Å². The zero-order chi connectivity index (χ0) is 61.1. The van der Waals surface area contributed by atoms with Crippen LogP contribution in [-0.2, 0) is 36.8 Å². The lowest BCUT2D eigenvalue weighted by atomic mass is 9.95. The van der Waals surface area contributed by atoms with Crippen molar-refractivity contribution in [2.45, 2.75) is 67.5 Å². The van der Waals surface area contributed by atoms with E-state index < -0.39 is 43.3 Å². The Balaban J connectivity index is 0.000000241. The van der Waals surface area contributed by atoms with Crippen LogP contribution in [-0.4, -0.2) is 68.1 Å². The lowest BCUT2D eigenvalue weighted by Crippen LogP contribution is -2.34. The van der Waals surface area contributed by atoms with Gasteiger partial charge in [-0.05, 0) is 108 Å². The number of aromatic nitrogens is 4. The molecule has 0 atom stereocenters. The third-order valence-electron chi connectivity index (χ3n) is 11.9. The molecule has 0 spiro atoms. The van der Waals surface area contributed by atoms with Crippen LogP contribution < -0.4 is 41.8 Å². The number of carbonyl (C=O) groups is 4. The number of nitrogens with two attached hydrogens (primary N) is 1. The van der Waals surface area contributed by atoms with Crippen LogP contribution in [0.1, 0.15) is 73.4 Å². The van der Waals surface area contributed by atoms with Gasteiger partial charge in [0.15, 0.2) is 0 Å². The van der Waals surface area contributed by atoms with E-state index in [0.717, 1.165) is 20.1 Å². The molecule has 0 saturated heterocycles. The molecule has 2 heterocycles. The van der Waals surface area contributed by atoms with Crippen LogP contribution in [0.5, 0.6) is 11.5 Å². The summed E-state index contributed by atoms with van der Waals surface area (Å²) in [5.41, 5.74) is 10.9. The second-order valence-corrected chi connectivity index (χ2v) is 23.5. The van der Waals surface area contributed by atoms with Gasteiger partial charge in [-0.15, -0.1) is 0 Å². The second kappa shape index (κ2) is 28.6. The minimum atomic E-state index is -2.72. The zero-order valence-electron chi connectivity index (χ0n) is 46.1. The summed E-state index contributed by atoms with van der Waals surface area (Å²) >= 11 is 24.6. The highest BCUT2D eigenvalue weighted by Gasteiger charge is 2.24. The van der Waals surface area contributed by atoms with Gasteiger partial charge in [-0.3, -0.25) is 19.2 Å². The molecule has 7 N–H and O–H groups in total. The number of hydrogen-bond donors (Lipinski definition) is 6. The van der Waals surface area contributed by atoms with Crippen LogP contribution in [0, 0.1) is 10.8 Å². The van der Waals surface area contributed by atoms with E-state index >= 15 is 0 Å². The lowest BCUT2D eigenvalue weighted by Gasteiger charge is -2.18. The summed E-state index contributed by atoms with van der Waals surface area (Å²) in [6, 6.07) is 30.6. The first-order valence-corrected chi connectivity index (χ1v) is 28.0. The van der Waals surface area contributed by atoms with E-state index in [-0.39, 0.29) is 39.2 Å². The number of alkyl halides is 4. The Hall–Kier alpha value is -6.95. The topological polar surface area (TPSA) is 209 Å². The van der Waals surface area contributed by atoms with E-state index in [9.17, 15) is 36.7 Å². The Kier molecular flexibility index (Phi) is 22.4. The summed E-state index contributed by atoms with van der Waals surface area (Å²) in [5, 5.41) is 15.4. The predicted octanol–water partition coefficient (Wildman–Crippen LogP) is 15.2. The monoisotopic (exact) mass is 1330 g/mol. The van der Waals surface area contributed by atoms with Crippen molar-refractivity contribution in [2.75, 3.05) is 34.5 Å². The van der Waals surface area contributed by atoms with E-state index in [2.05, 4.69) is 68.4 Å². The van der Waals surface area contributed by atoms with Gasteiger partial charge >= 0.3 is 0 Å². The van der Waals surface area contributed by atoms with Gasteiger partial charge in [0.25, 0.3) is 24.7 Å². The maximum absolute atomic E-state index is 13.2. The van der Waals surface area contributed by atoms with Gasteiger partial charge in [0.2, 0.25) is 23.0 Å². The number of hydrogen-bond acceptors (Lipinski definition) is 11. The maximum Gasteiger partial charge on any atom is 0.272 e. The number of aryl methyl sites for hydroxylation is 2. The highest BCUT2D eigenvalue weighted by molar-refractivity contribution is 9.10. The van der Waals surface area contributed by atoms with Gasteiger partial charge in [-0.2, -0.15) is 0 Å². The van der Waals surface area contributed by atoms with Gasteiger partial charge in [0.1, 0.15) is 24.7 Å². The molecule has 0 saturated carbocycles. The Bertz CT molecular complexity index is 3630. The minimum Gasteiger partial charge on any atom is -0.487 e. The largest absolute Gasteiger partial charge is 0.487 e. The first-order valence-electron chi connectivity index (χ1n) is 25.3. The number of carbonyl (C=O) groups excluding carboxylic acids is 4. The van der Waals surface area contributed by atoms with E-state index in [1.165, 1.54) is 24.3 Å². The Morgan fingerprint density at radius 2 is 0.988 bits per heavy atom. The number of anilines is 6. The summed E-state index contributed by atoms with van der Waals surface area (Å²) in [7, 11) is 3.48. The number of benzene rings is 6. The molecule has 0 aliphatic rings. The first kappa shape index (κ1) is 65.2. The normalized spacial score (nSPS) is 11.4. The molecule has 16 nitrogen and oxygen atoms in total. The van der Waals surface area contributed by atoms with Crippen LogP contribution in [0.25, 0.3) is 22.1 Å². The van der Waals surface area contributed by atoms with Crippen molar-refractivity contribution < 1.29 is 46.2 Å². The molecule has 3 amide bonds. The lowest BCUT2D eigenvalue weighted by molar-refractivity contribution is -0.128. The van der Waals surface area contributed by atoms with Crippen molar-refractivity contribution in [3.8, 4) is 11.5 Å². The number of imidazole rings is 2. The van der Waals surface area contributed by atoms with Crippen molar-refractivity contribution >= 4 is 146 Å². The van der Waals surface area contributed by atoms with E-state index in [1.54, 1.807) is 111 Å². The van der Waals surface area contributed by atoms with E-state index in [0.29, 0.717) is 79.8 Å². The Labute approximate surface area is 508 Å². The fourth-order valence-corrected chi connectivity index (χ4v) is 8.14. The minimum absolute atomic E-state index is 0.00317. The molecule has 8 aromatic rings. The predicted molar refractivity (Wildman–Crippen MR) is 328 cm³/mol. The SMILES string of the molecule is CC(C)(C)C(=O)Cl.Cn1c(Nc2cc(CN)ccc2Cl)nc2cc(C(=O)Nc3ccc(Br)cc3)c(OCC(F)F)cc21.Cn1c(Nc2cc(CNC(=O)C(C)(C)C)ccc2Cl)nc2cc(C(=O)Nc3ccc(Br)cc3)c(OCC(F)F)cc21. The average Bonchev–Trinajstić information content (AvgIpc) is 2.60. The fourth-order valence-electron chi connectivity index (χ4n) is 7.29. The summed E-state index contributed by atoms with van der Waals surface area (Å²) in [6.45, 7) is 9.78. The third kappa shape index (κ3) is 18.3. The Morgan fingerprint density at radius 1 is 0.602 bits per heavy atom. The summed E-state index contributed by atoms with van der Waals surface area (Å²) in [4.78, 5) is 57.9. The van der Waals surface area contributed by atoms with Crippen LogP contribution in [0.2, 0.25) is 10.0 Å². The van der Waals surface area contributed by atoms with E-state index in [4.69, 9.17) is 50.0 Å². The zero-order valence-corrected chi connectivity index (χ0v) is 51.5. The second-order valence-electron chi connectivity index (χ2n) is 20.5. The summed E-state index contributed by atoms with van der Waals surface area (Å²) in [5.74, 6) is -0.294.